The highest BCUT2D eigenvalue weighted by Crippen LogP contribution is 2.35. The SMILES string of the molecule is Clc1ccccc1CNc1ncc2c(n1)Nc1ccccc1-n1nnnc1-2. The van der Waals surface area contributed by atoms with E-state index in [4.69, 9.17) is 11.6 Å². The van der Waals surface area contributed by atoms with E-state index in [1.807, 2.05) is 48.5 Å². The molecule has 2 aromatic heterocycles. The van der Waals surface area contributed by atoms with E-state index in [-0.39, 0.29) is 0 Å². The van der Waals surface area contributed by atoms with Crippen LogP contribution in [0.2, 0.25) is 5.02 Å². The summed E-state index contributed by atoms with van der Waals surface area (Å²) in [5.74, 6) is 1.70. The maximum atomic E-state index is 6.21. The number of rotatable bonds is 3. The number of fused-ring (bicyclic) bond motifs is 5. The molecule has 0 saturated carbocycles. The summed E-state index contributed by atoms with van der Waals surface area (Å²) in [6.07, 6.45) is 1.71. The summed E-state index contributed by atoms with van der Waals surface area (Å²) in [5.41, 5.74) is 3.40. The fraction of sp³-hybridized carbons (Fsp3) is 0.0556. The van der Waals surface area contributed by atoms with Gasteiger partial charge in [0.05, 0.1) is 16.9 Å². The molecule has 5 rings (SSSR count). The molecule has 1 aliphatic rings. The van der Waals surface area contributed by atoms with Crippen LogP contribution in [0.5, 0.6) is 0 Å². The van der Waals surface area contributed by atoms with Crippen LogP contribution in [0.15, 0.2) is 54.7 Å². The number of nitrogens with zero attached hydrogens (tertiary/aromatic N) is 6. The van der Waals surface area contributed by atoms with Gasteiger partial charge in [0.15, 0.2) is 5.82 Å². The first-order chi connectivity index (χ1) is 13.3. The van der Waals surface area contributed by atoms with E-state index in [2.05, 4.69) is 36.1 Å². The lowest BCUT2D eigenvalue weighted by Gasteiger charge is -2.10. The van der Waals surface area contributed by atoms with Crippen LogP contribution in [0.4, 0.5) is 17.5 Å². The van der Waals surface area contributed by atoms with Crippen molar-refractivity contribution in [2.45, 2.75) is 6.54 Å². The maximum absolute atomic E-state index is 6.21. The van der Waals surface area contributed by atoms with E-state index < -0.39 is 0 Å². The summed E-state index contributed by atoms with van der Waals surface area (Å²) >= 11 is 6.21. The average molecular weight is 377 g/mol. The van der Waals surface area contributed by atoms with Gasteiger partial charge in [-0.3, -0.25) is 0 Å². The van der Waals surface area contributed by atoms with Gasteiger partial charge >= 0.3 is 0 Å². The molecule has 0 atom stereocenters. The molecule has 27 heavy (non-hydrogen) atoms. The standard InChI is InChI=1S/C18H13ClN8/c19-13-6-2-1-5-11(13)9-20-18-21-10-12-16(23-18)22-14-7-3-4-8-15(14)27-17(12)24-25-26-27/h1-8,10H,9H2,(H2,20,21,22,23). The Balaban J connectivity index is 1.52. The van der Waals surface area contributed by atoms with Gasteiger partial charge in [0.1, 0.15) is 5.82 Å². The second-order valence-corrected chi connectivity index (χ2v) is 6.36. The molecule has 4 aromatic rings. The Hall–Kier alpha value is -3.52. The number of tetrazole rings is 1. The number of hydrogen-bond donors (Lipinski definition) is 2. The van der Waals surface area contributed by atoms with Crippen molar-refractivity contribution in [2.75, 3.05) is 10.6 Å². The van der Waals surface area contributed by atoms with Crippen molar-refractivity contribution in [2.24, 2.45) is 0 Å². The highest BCUT2D eigenvalue weighted by atomic mass is 35.5. The van der Waals surface area contributed by atoms with Gasteiger partial charge in [0, 0.05) is 17.8 Å². The molecule has 8 nitrogen and oxygen atoms in total. The summed E-state index contributed by atoms with van der Waals surface area (Å²) in [6, 6.07) is 15.4. The van der Waals surface area contributed by atoms with Gasteiger partial charge in [0.25, 0.3) is 0 Å². The van der Waals surface area contributed by atoms with E-state index in [9.17, 15) is 0 Å². The predicted octanol–water partition coefficient (Wildman–Crippen LogP) is 3.44. The lowest BCUT2D eigenvalue weighted by molar-refractivity contribution is 0.793. The van der Waals surface area contributed by atoms with Crippen molar-refractivity contribution in [1.29, 1.82) is 0 Å². The van der Waals surface area contributed by atoms with Crippen LogP contribution >= 0.6 is 11.6 Å². The predicted molar refractivity (Wildman–Crippen MR) is 102 cm³/mol. The van der Waals surface area contributed by atoms with Crippen LogP contribution in [0.1, 0.15) is 5.56 Å². The Morgan fingerprint density at radius 3 is 2.85 bits per heavy atom. The minimum atomic E-state index is 0.486. The van der Waals surface area contributed by atoms with E-state index in [1.54, 1.807) is 10.9 Å². The molecule has 0 spiro atoms. The van der Waals surface area contributed by atoms with Crippen molar-refractivity contribution >= 4 is 29.1 Å². The van der Waals surface area contributed by atoms with Crippen LogP contribution in [0, 0.1) is 0 Å². The van der Waals surface area contributed by atoms with E-state index in [1.165, 1.54) is 0 Å². The van der Waals surface area contributed by atoms with Gasteiger partial charge in [-0.15, -0.1) is 5.10 Å². The van der Waals surface area contributed by atoms with Gasteiger partial charge in [-0.1, -0.05) is 41.9 Å². The smallest absolute Gasteiger partial charge is 0.224 e. The van der Waals surface area contributed by atoms with Crippen molar-refractivity contribution in [3.8, 4) is 17.1 Å². The first-order valence-electron chi connectivity index (χ1n) is 8.29. The summed E-state index contributed by atoms with van der Waals surface area (Å²) in [7, 11) is 0. The minimum Gasteiger partial charge on any atom is -0.350 e. The lowest BCUT2D eigenvalue weighted by atomic mass is 10.2. The number of hydrogen-bond acceptors (Lipinski definition) is 7. The monoisotopic (exact) mass is 376 g/mol. The van der Waals surface area contributed by atoms with Crippen LogP contribution in [-0.4, -0.2) is 30.2 Å². The molecule has 0 aliphatic carbocycles. The minimum absolute atomic E-state index is 0.486. The van der Waals surface area contributed by atoms with Crippen molar-refractivity contribution in [1.82, 2.24) is 30.2 Å². The number of halogens is 1. The summed E-state index contributed by atoms with van der Waals surface area (Å²) in [4.78, 5) is 9.02. The Bertz CT molecular complexity index is 1140. The van der Waals surface area contributed by atoms with Gasteiger partial charge in [-0.25, -0.2) is 4.98 Å². The molecule has 0 saturated heterocycles. The van der Waals surface area contributed by atoms with Gasteiger partial charge in [-0.2, -0.15) is 9.67 Å². The molecule has 0 bridgehead atoms. The zero-order valence-corrected chi connectivity index (χ0v) is 14.7. The largest absolute Gasteiger partial charge is 0.350 e. The number of benzene rings is 2. The second kappa shape index (κ2) is 6.33. The molecule has 2 N–H and O–H groups in total. The van der Waals surface area contributed by atoms with Crippen molar-refractivity contribution in [3.63, 3.8) is 0 Å². The van der Waals surface area contributed by atoms with E-state index >= 15 is 0 Å². The Labute approximate surface area is 159 Å². The summed E-state index contributed by atoms with van der Waals surface area (Å²) in [6.45, 7) is 0.521. The van der Waals surface area contributed by atoms with E-state index in [0.717, 1.165) is 22.5 Å². The first-order valence-corrected chi connectivity index (χ1v) is 8.67. The third-order valence-electron chi connectivity index (χ3n) is 4.28. The maximum Gasteiger partial charge on any atom is 0.224 e. The molecule has 0 amide bonds. The third kappa shape index (κ3) is 2.76. The van der Waals surface area contributed by atoms with Gasteiger partial charge in [-0.05, 0) is 34.2 Å². The molecule has 0 radical (unpaired) electrons. The zero-order valence-electron chi connectivity index (χ0n) is 14.0. The quantitative estimate of drug-likeness (QED) is 0.498. The Kier molecular flexibility index (Phi) is 3.68. The van der Waals surface area contributed by atoms with Gasteiger partial charge in [0.2, 0.25) is 5.95 Å². The molecular weight excluding hydrogens is 364 g/mol. The fourth-order valence-corrected chi connectivity index (χ4v) is 3.15. The van der Waals surface area contributed by atoms with Crippen LogP contribution in [0.25, 0.3) is 17.1 Å². The summed E-state index contributed by atoms with van der Waals surface area (Å²) < 4.78 is 1.67. The average Bonchev–Trinajstić information content (AvgIpc) is 3.13. The highest BCUT2D eigenvalue weighted by molar-refractivity contribution is 6.31. The Morgan fingerprint density at radius 1 is 1.07 bits per heavy atom. The topological polar surface area (TPSA) is 93.4 Å². The zero-order chi connectivity index (χ0) is 18.2. The molecule has 0 unspecified atom stereocenters. The van der Waals surface area contributed by atoms with Gasteiger partial charge < -0.3 is 10.6 Å². The number of nitrogens with one attached hydrogen (secondary N) is 2. The van der Waals surface area contributed by atoms with Crippen molar-refractivity contribution in [3.05, 3.63) is 65.3 Å². The molecule has 9 heteroatoms. The Morgan fingerprint density at radius 2 is 1.93 bits per heavy atom. The fourth-order valence-electron chi connectivity index (χ4n) is 2.95. The molecule has 1 aliphatic heterocycles. The molecule has 2 aromatic carbocycles. The summed E-state index contributed by atoms with van der Waals surface area (Å²) in [5, 5.41) is 19.3. The van der Waals surface area contributed by atoms with Crippen LogP contribution in [-0.2, 0) is 6.54 Å². The lowest BCUT2D eigenvalue weighted by Crippen LogP contribution is -2.06. The van der Waals surface area contributed by atoms with E-state index in [0.29, 0.717) is 29.2 Å². The first kappa shape index (κ1) is 15.7. The number of para-hydroxylation sites is 2. The van der Waals surface area contributed by atoms with Crippen molar-refractivity contribution < 1.29 is 0 Å². The molecule has 3 heterocycles. The normalized spacial score (nSPS) is 11.6. The number of anilines is 3. The third-order valence-corrected chi connectivity index (χ3v) is 4.65. The van der Waals surface area contributed by atoms with Crippen LogP contribution < -0.4 is 10.6 Å². The molecule has 132 valence electrons. The molecule has 0 fully saturated rings. The second-order valence-electron chi connectivity index (χ2n) is 5.96. The number of aromatic nitrogens is 6. The van der Waals surface area contributed by atoms with Crippen LogP contribution in [0.3, 0.4) is 0 Å². The highest BCUT2D eigenvalue weighted by Gasteiger charge is 2.23. The molecular formula is C18H13ClN8.